The van der Waals surface area contributed by atoms with E-state index in [4.69, 9.17) is 16.0 Å². The number of ether oxygens (including phenoxy) is 2. The highest BCUT2D eigenvalue weighted by Crippen LogP contribution is 2.66. The highest BCUT2D eigenvalue weighted by molar-refractivity contribution is 7.95. The number of hydrogen-bond donors (Lipinski definition) is 0. The van der Waals surface area contributed by atoms with E-state index in [2.05, 4.69) is 24.8 Å². The van der Waals surface area contributed by atoms with Crippen molar-refractivity contribution in [3.63, 3.8) is 0 Å². The summed E-state index contributed by atoms with van der Waals surface area (Å²) in [6, 6.07) is 6.91. The molecule has 0 N–H and O–H groups in total. The maximum Gasteiger partial charge on any atom is 0.282 e. The fraction of sp³-hybridized carbons (Fsp3) is 0.633. The standard InChI is InChI=1S/C30H39NO4S/c1-20-6-9-23(10-7-20)36(32,33)28(31-4)27-13-12-25-24-11-8-21-18-22(35-19-34-5)14-16-29(21,2)26(24)15-17-30(25,27)3/h6-10,22,24-26H,11-19H2,1-3,5H3/b28-27-/t22-,24-,25-,26-,29-,30-/m0/s1. The summed E-state index contributed by atoms with van der Waals surface area (Å²) in [5, 5.41) is -0.0103. The first-order valence-electron chi connectivity index (χ1n) is 13.4. The van der Waals surface area contributed by atoms with Crippen molar-refractivity contribution >= 4 is 9.84 Å². The predicted octanol–water partition coefficient (Wildman–Crippen LogP) is 6.85. The molecule has 0 unspecified atom stereocenters. The SMILES string of the molecule is [C-]#[N+]/C(=C1\CC[C@H]2[C@@H]3CC=C4C[C@@H](OCOC)CC[C@]4(C)[C@H]3CC[C@]12C)S(=O)(=O)c1ccc(C)cc1. The van der Waals surface area contributed by atoms with Gasteiger partial charge in [0.1, 0.15) is 6.79 Å². The number of fused-ring (bicyclic) bond motifs is 5. The maximum absolute atomic E-state index is 13.6. The second-order valence-electron chi connectivity index (χ2n) is 11.9. The summed E-state index contributed by atoms with van der Waals surface area (Å²) in [7, 11) is -2.15. The van der Waals surface area contributed by atoms with E-state index in [9.17, 15) is 8.42 Å². The zero-order valence-electron chi connectivity index (χ0n) is 22.0. The van der Waals surface area contributed by atoms with Gasteiger partial charge in [0.05, 0.1) is 17.6 Å². The third-order valence-corrected chi connectivity index (χ3v) is 11.9. The number of aryl methyl sites for hydroxylation is 1. The van der Waals surface area contributed by atoms with Gasteiger partial charge in [-0.1, -0.05) is 43.2 Å². The second-order valence-corrected chi connectivity index (χ2v) is 13.8. The number of benzene rings is 1. The molecule has 1 aromatic rings. The molecule has 1 aromatic carbocycles. The summed E-state index contributed by atoms with van der Waals surface area (Å²) >= 11 is 0. The van der Waals surface area contributed by atoms with Gasteiger partial charge in [-0.2, -0.15) is 0 Å². The van der Waals surface area contributed by atoms with Crippen molar-refractivity contribution < 1.29 is 17.9 Å². The Morgan fingerprint density at radius 2 is 1.78 bits per heavy atom. The molecule has 0 saturated heterocycles. The lowest BCUT2D eigenvalue weighted by Crippen LogP contribution is -2.49. The molecule has 0 spiro atoms. The molecule has 36 heavy (non-hydrogen) atoms. The van der Waals surface area contributed by atoms with Gasteiger partial charge in [0.2, 0.25) is 9.84 Å². The van der Waals surface area contributed by atoms with Gasteiger partial charge in [0, 0.05) is 7.11 Å². The van der Waals surface area contributed by atoms with Crippen LogP contribution in [0.4, 0.5) is 0 Å². The van der Waals surface area contributed by atoms with E-state index >= 15 is 0 Å². The first-order valence-corrected chi connectivity index (χ1v) is 14.9. The van der Waals surface area contributed by atoms with Crippen LogP contribution in [0.15, 0.2) is 51.4 Å². The molecule has 0 heterocycles. The monoisotopic (exact) mass is 509 g/mol. The average molecular weight is 510 g/mol. The predicted molar refractivity (Wildman–Crippen MR) is 140 cm³/mol. The molecule has 0 radical (unpaired) electrons. The van der Waals surface area contributed by atoms with Crippen LogP contribution in [0.3, 0.4) is 0 Å². The second kappa shape index (κ2) is 9.42. The van der Waals surface area contributed by atoms with Crippen molar-refractivity contribution in [1.29, 1.82) is 0 Å². The molecule has 6 heteroatoms. The van der Waals surface area contributed by atoms with Gasteiger partial charge >= 0.3 is 0 Å². The van der Waals surface area contributed by atoms with Gasteiger partial charge in [0.25, 0.3) is 5.03 Å². The van der Waals surface area contributed by atoms with Crippen LogP contribution >= 0.6 is 0 Å². The third-order valence-electron chi connectivity index (χ3n) is 10.2. The summed E-state index contributed by atoms with van der Waals surface area (Å²) in [4.78, 5) is 3.93. The summed E-state index contributed by atoms with van der Waals surface area (Å²) in [6.45, 7) is 14.9. The molecule has 0 amide bonds. The van der Waals surface area contributed by atoms with Crippen LogP contribution in [0.2, 0.25) is 0 Å². The summed E-state index contributed by atoms with van der Waals surface area (Å²) < 4.78 is 38.3. The van der Waals surface area contributed by atoms with Gasteiger partial charge in [-0.05, 0) is 105 Å². The summed E-state index contributed by atoms with van der Waals surface area (Å²) in [5.74, 6) is 1.58. The molecule has 4 aliphatic carbocycles. The molecule has 3 fully saturated rings. The molecule has 3 saturated carbocycles. The Kier molecular flexibility index (Phi) is 6.72. The highest BCUT2D eigenvalue weighted by atomic mass is 32.2. The van der Waals surface area contributed by atoms with Crippen LogP contribution in [0.25, 0.3) is 4.85 Å². The number of hydrogen-bond acceptors (Lipinski definition) is 4. The molecule has 5 nitrogen and oxygen atoms in total. The molecule has 5 rings (SSSR count). The van der Waals surface area contributed by atoms with E-state index < -0.39 is 9.84 Å². The quantitative estimate of drug-likeness (QED) is 0.247. The number of allylic oxidation sites excluding steroid dienone is 2. The smallest absolute Gasteiger partial charge is 0.282 e. The zero-order valence-corrected chi connectivity index (χ0v) is 22.9. The van der Waals surface area contributed by atoms with Crippen molar-refractivity contribution in [3.8, 4) is 0 Å². The molecular weight excluding hydrogens is 470 g/mol. The van der Waals surface area contributed by atoms with Crippen molar-refractivity contribution in [2.45, 2.75) is 83.1 Å². The molecule has 0 aromatic heterocycles. The average Bonchev–Trinajstić information content (AvgIpc) is 3.20. The van der Waals surface area contributed by atoms with Gasteiger partial charge < -0.3 is 9.47 Å². The molecule has 6 atom stereocenters. The minimum atomic E-state index is -3.82. The number of sulfone groups is 1. The van der Waals surface area contributed by atoms with Crippen LogP contribution in [-0.2, 0) is 19.3 Å². The summed E-state index contributed by atoms with van der Waals surface area (Å²) in [6.07, 6.45) is 10.7. The first-order chi connectivity index (χ1) is 17.1. The normalized spacial score (nSPS) is 37.2. The Morgan fingerprint density at radius 1 is 1.08 bits per heavy atom. The zero-order chi connectivity index (χ0) is 25.7. The van der Waals surface area contributed by atoms with Crippen LogP contribution < -0.4 is 0 Å². The van der Waals surface area contributed by atoms with Crippen LogP contribution in [-0.4, -0.2) is 28.4 Å². The van der Waals surface area contributed by atoms with Gasteiger partial charge in [-0.3, -0.25) is 0 Å². The maximum atomic E-state index is 13.6. The van der Waals surface area contributed by atoms with Crippen molar-refractivity contribution in [3.05, 3.63) is 63.5 Å². The number of methoxy groups -OCH3 is 1. The lowest BCUT2D eigenvalue weighted by Gasteiger charge is -2.57. The molecule has 0 bridgehead atoms. The minimum absolute atomic E-state index is 0.0103. The van der Waals surface area contributed by atoms with Crippen molar-refractivity contribution in [1.82, 2.24) is 0 Å². The van der Waals surface area contributed by atoms with E-state index in [0.717, 1.165) is 56.1 Å². The van der Waals surface area contributed by atoms with E-state index in [1.807, 2.05) is 19.1 Å². The van der Waals surface area contributed by atoms with Gasteiger partial charge in [0.15, 0.2) is 0 Å². The summed E-state index contributed by atoms with van der Waals surface area (Å²) in [5.41, 5.74) is 3.42. The Hall–Kier alpha value is -1.94. The minimum Gasteiger partial charge on any atom is -0.359 e. The largest absolute Gasteiger partial charge is 0.359 e. The highest BCUT2D eigenvalue weighted by Gasteiger charge is 2.58. The lowest BCUT2D eigenvalue weighted by atomic mass is 9.48. The topological polar surface area (TPSA) is 57.0 Å². The van der Waals surface area contributed by atoms with Crippen molar-refractivity contribution in [2.24, 2.45) is 28.6 Å². The Balaban J connectivity index is 1.46. The van der Waals surface area contributed by atoms with Crippen LogP contribution in [0, 0.1) is 42.1 Å². The first kappa shape index (κ1) is 25.7. The molecule has 4 aliphatic rings. The third kappa shape index (κ3) is 3.99. The molecule has 0 aliphatic heterocycles. The van der Waals surface area contributed by atoms with Crippen molar-refractivity contribution in [2.75, 3.05) is 13.9 Å². The molecular formula is C30H39NO4S. The number of rotatable bonds is 5. The molecule has 194 valence electrons. The lowest BCUT2D eigenvalue weighted by molar-refractivity contribution is -0.0942. The fourth-order valence-electron chi connectivity index (χ4n) is 8.22. The Labute approximate surface area is 216 Å². The van der Waals surface area contributed by atoms with E-state index in [-0.39, 0.29) is 26.9 Å². The van der Waals surface area contributed by atoms with Crippen LogP contribution in [0.5, 0.6) is 0 Å². The van der Waals surface area contributed by atoms with E-state index in [1.54, 1.807) is 24.8 Å². The van der Waals surface area contributed by atoms with Gasteiger partial charge in [-0.15, -0.1) is 0 Å². The van der Waals surface area contributed by atoms with Gasteiger partial charge in [-0.25, -0.2) is 13.3 Å². The fourth-order valence-corrected chi connectivity index (χ4v) is 9.71. The van der Waals surface area contributed by atoms with E-state index in [1.165, 1.54) is 0 Å². The van der Waals surface area contributed by atoms with Crippen LogP contribution in [0.1, 0.15) is 70.8 Å². The Bertz CT molecular complexity index is 1220. The Morgan fingerprint density at radius 3 is 2.47 bits per heavy atom. The number of nitrogens with zero attached hydrogens (tertiary/aromatic N) is 1. The van der Waals surface area contributed by atoms with E-state index in [0.29, 0.717) is 31.0 Å².